The molecule has 0 aliphatic heterocycles. The fourth-order valence-corrected chi connectivity index (χ4v) is 3.14. The number of primary amides is 1. The molecule has 0 saturated carbocycles. The normalized spacial score (nSPS) is 10.9. The van der Waals surface area contributed by atoms with Gasteiger partial charge in [0.2, 0.25) is 11.8 Å². The van der Waals surface area contributed by atoms with Crippen molar-refractivity contribution >= 4 is 34.3 Å². The van der Waals surface area contributed by atoms with Crippen molar-refractivity contribution in [1.82, 2.24) is 4.57 Å². The number of oxazole rings is 1. The molecule has 2 N–H and O–H groups in total. The van der Waals surface area contributed by atoms with E-state index in [2.05, 4.69) is 0 Å². The Morgan fingerprint density at radius 3 is 2.52 bits per heavy atom. The summed E-state index contributed by atoms with van der Waals surface area (Å²) in [7, 11) is 0. The van der Waals surface area contributed by atoms with E-state index < -0.39 is 22.4 Å². The first-order valence-corrected chi connectivity index (χ1v) is 9.38. The Bertz CT molecular complexity index is 1180. The summed E-state index contributed by atoms with van der Waals surface area (Å²) >= 11 is 0. The topological polar surface area (TPSA) is 142 Å². The van der Waals surface area contributed by atoms with Crippen LogP contribution in [0.1, 0.15) is 19.3 Å². The summed E-state index contributed by atoms with van der Waals surface area (Å²) in [5.41, 5.74) is 5.86. The minimum absolute atomic E-state index is 0.0300. The maximum absolute atomic E-state index is 13.2. The van der Waals surface area contributed by atoms with Crippen LogP contribution < -0.4 is 16.4 Å². The first kappa shape index (κ1) is 21.7. The van der Waals surface area contributed by atoms with E-state index in [-0.39, 0.29) is 49.5 Å². The number of halogens is 1. The molecule has 0 bridgehead atoms. The van der Waals surface area contributed by atoms with Crippen molar-refractivity contribution in [2.75, 3.05) is 11.4 Å². The maximum atomic E-state index is 13.2. The van der Waals surface area contributed by atoms with Crippen molar-refractivity contribution in [3.05, 3.63) is 68.9 Å². The smallest absolute Gasteiger partial charge is 0.407 e. The average molecular weight is 430 g/mol. The Kier molecular flexibility index (Phi) is 6.43. The van der Waals surface area contributed by atoms with Gasteiger partial charge in [-0.15, -0.1) is 0 Å². The van der Waals surface area contributed by atoms with E-state index in [9.17, 15) is 28.9 Å². The molecule has 0 aliphatic carbocycles. The van der Waals surface area contributed by atoms with Gasteiger partial charge in [0.15, 0.2) is 5.58 Å². The highest BCUT2D eigenvalue weighted by atomic mass is 19.1. The Morgan fingerprint density at radius 1 is 1.16 bits per heavy atom. The third kappa shape index (κ3) is 5.13. The molecule has 0 saturated heterocycles. The Labute approximate surface area is 174 Å². The Balaban J connectivity index is 1.71. The zero-order chi connectivity index (χ0) is 22.5. The molecule has 3 aromatic rings. The summed E-state index contributed by atoms with van der Waals surface area (Å²) in [6.45, 7) is 0.181. The Hall–Kier alpha value is -4.02. The van der Waals surface area contributed by atoms with Gasteiger partial charge in [-0.05, 0) is 36.8 Å². The molecule has 1 heterocycles. The number of carbonyl (C=O) groups is 2. The fraction of sp³-hybridized carbons (Fsp3) is 0.250. The van der Waals surface area contributed by atoms with Crippen molar-refractivity contribution in [2.45, 2.75) is 25.8 Å². The number of non-ortho nitro benzene ring substituents is 1. The number of rotatable bonds is 9. The number of amides is 2. The van der Waals surface area contributed by atoms with Crippen molar-refractivity contribution in [2.24, 2.45) is 5.73 Å². The quantitative estimate of drug-likeness (QED) is 0.408. The molecule has 2 amide bonds. The summed E-state index contributed by atoms with van der Waals surface area (Å²) in [5, 5.41) is 10.9. The van der Waals surface area contributed by atoms with E-state index in [1.54, 1.807) is 0 Å². The SMILES string of the molecule is NC(=O)CCN(C(=O)CCCn1c(=O)oc2cc([N+](=O)[O-])ccc21)c1ccc(F)cc1. The van der Waals surface area contributed by atoms with Crippen LogP contribution in [0.3, 0.4) is 0 Å². The van der Waals surface area contributed by atoms with Crippen molar-refractivity contribution in [1.29, 1.82) is 0 Å². The number of nitrogens with two attached hydrogens (primary N) is 1. The van der Waals surface area contributed by atoms with Gasteiger partial charge in [-0.3, -0.25) is 24.3 Å². The zero-order valence-electron chi connectivity index (χ0n) is 16.3. The molecule has 0 unspecified atom stereocenters. The van der Waals surface area contributed by atoms with Gasteiger partial charge in [0.1, 0.15) is 5.82 Å². The Morgan fingerprint density at radius 2 is 1.87 bits per heavy atom. The number of aromatic nitrogens is 1. The molecule has 1 aromatic heterocycles. The highest BCUT2D eigenvalue weighted by molar-refractivity contribution is 5.94. The lowest BCUT2D eigenvalue weighted by atomic mass is 10.2. The minimum atomic E-state index is -0.688. The largest absolute Gasteiger partial charge is 0.419 e. The molecule has 31 heavy (non-hydrogen) atoms. The van der Waals surface area contributed by atoms with Gasteiger partial charge < -0.3 is 15.1 Å². The van der Waals surface area contributed by atoms with Crippen LogP contribution in [0.4, 0.5) is 15.8 Å². The lowest BCUT2D eigenvalue weighted by Crippen LogP contribution is -2.34. The van der Waals surface area contributed by atoms with Crippen LogP contribution in [0, 0.1) is 15.9 Å². The van der Waals surface area contributed by atoms with E-state index in [1.165, 1.54) is 51.9 Å². The summed E-state index contributed by atoms with van der Waals surface area (Å²) in [5.74, 6) is -2.06. The lowest BCUT2D eigenvalue weighted by molar-refractivity contribution is -0.384. The first-order chi connectivity index (χ1) is 14.8. The fourth-order valence-electron chi connectivity index (χ4n) is 3.14. The first-order valence-electron chi connectivity index (χ1n) is 9.38. The van der Waals surface area contributed by atoms with Gasteiger partial charge in [-0.2, -0.15) is 0 Å². The summed E-state index contributed by atoms with van der Waals surface area (Å²) in [4.78, 5) is 47.6. The number of anilines is 1. The van der Waals surface area contributed by atoms with Gasteiger partial charge in [0, 0.05) is 37.7 Å². The van der Waals surface area contributed by atoms with Gasteiger partial charge in [-0.1, -0.05) is 0 Å². The molecule has 0 radical (unpaired) electrons. The third-order valence-electron chi connectivity index (χ3n) is 4.66. The number of aryl methyl sites for hydroxylation is 1. The average Bonchev–Trinajstić information content (AvgIpc) is 3.03. The zero-order valence-corrected chi connectivity index (χ0v) is 16.3. The third-order valence-corrected chi connectivity index (χ3v) is 4.66. The van der Waals surface area contributed by atoms with Crippen LogP contribution in [0.15, 0.2) is 51.7 Å². The van der Waals surface area contributed by atoms with Crippen LogP contribution in [0.25, 0.3) is 11.1 Å². The predicted molar refractivity (Wildman–Crippen MR) is 109 cm³/mol. The number of benzene rings is 2. The monoisotopic (exact) mass is 430 g/mol. The number of hydrogen-bond acceptors (Lipinski definition) is 6. The molecule has 11 heteroatoms. The molecule has 10 nitrogen and oxygen atoms in total. The highest BCUT2D eigenvalue weighted by Crippen LogP contribution is 2.21. The minimum Gasteiger partial charge on any atom is -0.407 e. The lowest BCUT2D eigenvalue weighted by Gasteiger charge is -2.22. The number of nitro benzene ring substituents is 1. The highest BCUT2D eigenvalue weighted by Gasteiger charge is 2.18. The van der Waals surface area contributed by atoms with Crippen molar-refractivity contribution in [3.8, 4) is 0 Å². The summed E-state index contributed by atoms with van der Waals surface area (Å²) < 4.78 is 19.6. The maximum Gasteiger partial charge on any atom is 0.419 e. The molecule has 162 valence electrons. The van der Waals surface area contributed by atoms with Gasteiger partial charge >= 0.3 is 5.76 Å². The van der Waals surface area contributed by atoms with Crippen molar-refractivity contribution in [3.63, 3.8) is 0 Å². The molecule has 2 aromatic carbocycles. The standard InChI is InChI=1S/C20H19FN4O6/c21-13-3-5-14(6-4-13)23(11-9-18(22)26)19(27)2-1-10-24-16-8-7-15(25(29)30)12-17(16)31-20(24)28/h3-8,12H,1-2,9-11H2,(H2,22,26). The van der Waals surface area contributed by atoms with E-state index in [4.69, 9.17) is 10.2 Å². The predicted octanol–water partition coefficient (Wildman–Crippen LogP) is 2.33. The van der Waals surface area contributed by atoms with E-state index in [0.29, 0.717) is 11.2 Å². The molecular formula is C20H19FN4O6. The molecular weight excluding hydrogens is 411 g/mol. The second kappa shape index (κ2) is 9.20. The molecule has 3 rings (SSSR count). The van der Waals surface area contributed by atoms with Crippen LogP contribution in [0.2, 0.25) is 0 Å². The van der Waals surface area contributed by atoms with E-state index in [1.807, 2.05) is 0 Å². The number of carbonyl (C=O) groups excluding carboxylic acids is 2. The van der Waals surface area contributed by atoms with Gasteiger partial charge in [0.25, 0.3) is 5.69 Å². The number of hydrogen-bond donors (Lipinski definition) is 1. The van der Waals surface area contributed by atoms with Crippen LogP contribution in [-0.2, 0) is 16.1 Å². The summed E-state index contributed by atoms with van der Waals surface area (Å²) in [6, 6.07) is 9.10. The van der Waals surface area contributed by atoms with E-state index in [0.717, 1.165) is 0 Å². The molecule has 0 fully saturated rings. The van der Waals surface area contributed by atoms with Gasteiger partial charge in [-0.25, -0.2) is 9.18 Å². The van der Waals surface area contributed by atoms with Crippen molar-refractivity contribution < 1.29 is 23.3 Å². The van der Waals surface area contributed by atoms with Gasteiger partial charge in [0.05, 0.1) is 16.5 Å². The second-order valence-electron chi connectivity index (χ2n) is 6.77. The number of nitro groups is 1. The summed E-state index contributed by atoms with van der Waals surface area (Å²) in [6.07, 6.45) is 0.231. The molecule has 0 spiro atoms. The number of fused-ring (bicyclic) bond motifs is 1. The van der Waals surface area contributed by atoms with Crippen LogP contribution in [-0.4, -0.2) is 27.8 Å². The second-order valence-corrected chi connectivity index (χ2v) is 6.77. The van der Waals surface area contributed by atoms with Crippen LogP contribution in [0.5, 0.6) is 0 Å². The molecule has 0 aliphatic rings. The van der Waals surface area contributed by atoms with E-state index >= 15 is 0 Å². The van der Waals surface area contributed by atoms with Crippen LogP contribution >= 0.6 is 0 Å². The molecule has 0 atom stereocenters. The number of nitrogens with zero attached hydrogens (tertiary/aromatic N) is 3.